The maximum absolute atomic E-state index is 9.31. The Kier molecular flexibility index (Phi) is 4.41. The molecule has 21 heavy (non-hydrogen) atoms. The van der Waals surface area contributed by atoms with Crippen LogP contribution in [0, 0.1) is 0 Å². The Bertz CT molecular complexity index is 598. The van der Waals surface area contributed by atoms with Gasteiger partial charge in [-0.25, -0.2) is 0 Å². The van der Waals surface area contributed by atoms with Crippen LogP contribution in [-0.4, -0.2) is 12.2 Å². The highest BCUT2D eigenvalue weighted by Crippen LogP contribution is 2.31. The molecule has 0 aromatic heterocycles. The minimum absolute atomic E-state index is 0.0985. The Morgan fingerprint density at radius 2 is 1.71 bits per heavy atom. The predicted octanol–water partition coefficient (Wildman–Crippen LogP) is 4.31. The van der Waals surface area contributed by atoms with Crippen molar-refractivity contribution in [3.8, 4) is 11.5 Å². The third-order valence-corrected chi connectivity index (χ3v) is 3.48. The van der Waals surface area contributed by atoms with Crippen LogP contribution in [0.25, 0.3) is 0 Å². The smallest absolute Gasteiger partial charge is 0.141 e. The summed E-state index contributed by atoms with van der Waals surface area (Å²) in [7, 11) is 1.68. The van der Waals surface area contributed by atoms with Crippen LogP contribution in [0.15, 0.2) is 42.5 Å². The molecule has 0 aliphatic carbocycles. The first kappa shape index (κ1) is 15.2. The summed E-state index contributed by atoms with van der Waals surface area (Å²) in [5, 5.41) is 12.7. The van der Waals surface area contributed by atoms with E-state index in [0.29, 0.717) is 6.54 Å². The number of rotatable bonds is 4. The van der Waals surface area contributed by atoms with Crippen LogP contribution < -0.4 is 10.1 Å². The van der Waals surface area contributed by atoms with Crippen LogP contribution in [0.5, 0.6) is 11.5 Å². The average Bonchev–Trinajstić information content (AvgIpc) is 2.45. The van der Waals surface area contributed by atoms with Crippen molar-refractivity contribution in [2.24, 2.45) is 0 Å². The second-order valence-corrected chi connectivity index (χ2v) is 6.19. The number of phenols is 1. The summed E-state index contributed by atoms with van der Waals surface area (Å²) >= 11 is 0. The lowest BCUT2D eigenvalue weighted by molar-refractivity contribution is 0.416. The first-order chi connectivity index (χ1) is 9.90. The number of aromatic hydroxyl groups is 1. The van der Waals surface area contributed by atoms with Gasteiger partial charge in [-0.15, -0.1) is 0 Å². The van der Waals surface area contributed by atoms with Gasteiger partial charge in [-0.1, -0.05) is 39.0 Å². The minimum Gasteiger partial charge on any atom is -0.508 e. The summed E-state index contributed by atoms with van der Waals surface area (Å²) in [6, 6.07) is 13.4. The van der Waals surface area contributed by atoms with Crippen LogP contribution in [0.2, 0.25) is 0 Å². The Morgan fingerprint density at radius 3 is 2.29 bits per heavy atom. The fourth-order valence-corrected chi connectivity index (χ4v) is 2.12. The molecule has 2 rings (SSSR count). The van der Waals surface area contributed by atoms with Crippen molar-refractivity contribution in [2.45, 2.75) is 32.7 Å². The van der Waals surface area contributed by atoms with E-state index >= 15 is 0 Å². The molecule has 0 aliphatic rings. The zero-order chi connectivity index (χ0) is 15.5. The second-order valence-electron chi connectivity index (χ2n) is 6.19. The van der Waals surface area contributed by atoms with E-state index in [2.05, 4.69) is 38.2 Å². The van der Waals surface area contributed by atoms with E-state index in [1.54, 1.807) is 19.2 Å². The zero-order valence-electron chi connectivity index (χ0n) is 13.1. The molecular formula is C18H23NO2. The first-order valence-corrected chi connectivity index (χ1v) is 7.10. The van der Waals surface area contributed by atoms with Crippen LogP contribution >= 0.6 is 0 Å². The van der Waals surface area contributed by atoms with Gasteiger partial charge in [0.2, 0.25) is 0 Å². The molecule has 112 valence electrons. The Balaban J connectivity index is 2.19. The van der Waals surface area contributed by atoms with Crippen molar-refractivity contribution in [3.63, 3.8) is 0 Å². The van der Waals surface area contributed by atoms with Crippen molar-refractivity contribution in [2.75, 3.05) is 12.4 Å². The lowest BCUT2D eigenvalue weighted by Crippen LogP contribution is -2.12. The summed E-state index contributed by atoms with van der Waals surface area (Å²) in [4.78, 5) is 0. The normalized spacial score (nSPS) is 11.2. The SMILES string of the molecule is COc1ccc(C(C)(C)C)cc1NCc1ccc(O)cc1. The van der Waals surface area contributed by atoms with Gasteiger partial charge in [-0.2, -0.15) is 0 Å². The molecule has 3 nitrogen and oxygen atoms in total. The molecule has 0 saturated heterocycles. The van der Waals surface area contributed by atoms with E-state index in [-0.39, 0.29) is 11.2 Å². The number of phenolic OH excluding ortho intramolecular Hbond substituents is 1. The molecule has 3 heteroatoms. The molecule has 0 unspecified atom stereocenters. The minimum atomic E-state index is 0.0985. The predicted molar refractivity (Wildman–Crippen MR) is 87.1 cm³/mol. The highest BCUT2D eigenvalue weighted by Gasteiger charge is 2.15. The monoisotopic (exact) mass is 285 g/mol. The summed E-state index contributed by atoms with van der Waals surface area (Å²) < 4.78 is 5.42. The molecular weight excluding hydrogens is 262 g/mol. The highest BCUT2D eigenvalue weighted by molar-refractivity contribution is 5.59. The molecule has 0 aliphatic heterocycles. The number of nitrogens with one attached hydrogen (secondary N) is 1. The van der Waals surface area contributed by atoms with Gasteiger partial charge in [0.05, 0.1) is 12.8 Å². The van der Waals surface area contributed by atoms with Crippen molar-refractivity contribution >= 4 is 5.69 Å². The third-order valence-electron chi connectivity index (χ3n) is 3.48. The third kappa shape index (κ3) is 3.91. The van der Waals surface area contributed by atoms with Gasteiger partial charge in [0, 0.05) is 6.54 Å². The van der Waals surface area contributed by atoms with E-state index in [0.717, 1.165) is 17.0 Å². The van der Waals surface area contributed by atoms with Gasteiger partial charge >= 0.3 is 0 Å². The second kappa shape index (κ2) is 6.08. The maximum atomic E-state index is 9.31. The van der Waals surface area contributed by atoms with Crippen LogP contribution in [0.3, 0.4) is 0 Å². The van der Waals surface area contributed by atoms with E-state index in [4.69, 9.17) is 4.74 Å². The van der Waals surface area contributed by atoms with Crippen LogP contribution in [0.4, 0.5) is 5.69 Å². The maximum Gasteiger partial charge on any atom is 0.141 e. The zero-order valence-corrected chi connectivity index (χ0v) is 13.1. The Labute approximate surface area is 126 Å². The summed E-state index contributed by atoms with van der Waals surface area (Å²) in [6.45, 7) is 7.26. The molecule has 2 aromatic rings. The molecule has 0 saturated carbocycles. The van der Waals surface area contributed by atoms with Gasteiger partial charge in [0.25, 0.3) is 0 Å². The van der Waals surface area contributed by atoms with Gasteiger partial charge in [0.15, 0.2) is 0 Å². The Morgan fingerprint density at radius 1 is 1.05 bits per heavy atom. The quantitative estimate of drug-likeness (QED) is 0.879. The van der Waals surface area contributed by atoms with E-state index in [1.165, 1.54) is 5.56 Å². The number of ether oxygens (including phenoxy) is 1. The van der Waals surface area contributed by atoms with E-state index < -0.39 is 0 Å². The van der Waals surface area contributed by atoms with Gasteiger partial charge < -0.3 is 15.2 Å². The summed E-state index contributed by atoms with van der Waals surface area (Å²) in [5.74, 6) is 1.12. The van der Waals surface area contributed by atoms with E-state index in [1.807, 2.05) is 18.2 Å². The van der Waals surface area contributed by atoms with Crippen molar-refractivity contribution in [1.29, 1.82) is 0 Å². The fourth-order valence-electron chi connectivity index (χ4n) is 2.12. The molecule has 2 aromatic carbocycles. The Hall–Kier alpha value is -2.16. The van der Waals surface area contributed by atoms with Crippen molar-refractivity contribution in [3.05, 3.63) is 53.6 Å². The average molecular weight is 285 g/mol. The van der Waals surface area contributed by atoms with Crippen molar-refractivity contribution < 1.29 is 9.84 Å². The van der Waals surface area contributed by atoms with E-state index in [9.17, 15) is 5.11 Å². The van der Waals surface area contributed by atoms with Crippen LogP contribution in [0.1, 0.15) is 31.9 Å². The number of benzene rings is 2. The van der Waals surface area contributed by atoms with Crippen LogP contribution in [-0.2, 0) is 12.0 Å². The number of hydrogen-bond acceptors (Lipinski definition) is 3. The molecule has 0 bridgehead atoms. The largest absolute Gasteiger partial charge is 0.508 e. The molecule has 0 atom stereocenters. The molecule has 0 fully saturated rings. The number of anilines is 1. The topological polar surface area (TPSA) is 41.5 Å². The molecule has 0 spiro atoms. The lowest BCUT2D eigenvalue weighted by atomic mass is 9.87. The fraction of sp³-hybridized carbons (Fsp3) is 0.333. The van der Waals surface area contributed by atoms with Gasteiger partial charge in [-0.05, 0) is 40.8 Å². The lowest BCUT2D eigenvalue weighted by Gasteiger charge is -2.21. The first-order valence-electron chi connectivity index (χ1n) is 7.10. The number of methoxy groups -OCH3 is 1. The molecule has 0 amide bonds. The summed E-state index contributed by atoms with van der Waals surface area (Å²) in [6.07, 6.45) is 0. The molecule has 0 radical (unpaired) electrons. The molecule has 2 N–H and O–H groups in total. The number of hydrogen-bond donors (Lipinski definition) is 2. The molecule has 0 heterocycles. The van der Waals surface area contributed by atoms with Crippen molar-refractivity contribution in [1.82, 2.24) is 0 Å². The highest BCUT2D eigenvalue weighted by atomic mass is 16.5. The summed E-state index contributed by atoms with van der Waals surface area (Å²) in [5.41, 5.74) is 3.45. The van der Waals surface area contributed by atoms with Gasteiger partial charge in [0.1, 0.15) is 11.5 Å². The van der Waals surface area contributed by atoms with Gasteiger partial charge in [-0.3, -0.25) is 0 Å². The standard InChI is InChI=1S/C18H23NO2/c1-18(2,3)14-7-10-17(21-4)16(11-14)19-12-13-5-8-15(20)9-6-13/h5-11,19-20H,12H2,1-4H3.